The molecule has 0 spiro atoms. The maximum Gasteiger partial charge on any atom is 0.276 e. The number of thiocarbonyl (C=S) groups is 1. The fraction of sp³-hybridized carbons (Fsp3) is 0.150. The standard InChI is InChI=1S/C20H19Br2N3O5S/c1-28-16-6-3-12(9-17(16)29-2)4-8-18(26)23-20(31)25-24-19(27)11-30-15-7-5-13(21)10-14(15)22/h3-10H,11H2,1-2H3,(H,24,27)(H2,23,25,26,31). The van der Waals surface area contributed by atoms with Gasteiger partial charge in [-0.15, -0.1) is 0 Å². The van der Waals surface area contributed by atoms with Crippen molar-refractivity contribution in [2.24, 2.45) is 0 Å². The number of hydrogen-bond acceptors (Lipinski definition) is 6. The highest BCUT2D eigenvalue weighted by Crippen LogP contribution is 2.28. The van der Waals surface area contributed by atoms with Gasteiger partial charge in [-0.1, -0.05) is 22.0 Å². The fourth-order valence-electron chi connectivity index (χ4n) is 2.21. The molecule has 0 unspecified atom stereocenters. The van der Waals surface area contributed by atoms with Crippen molar-refractivity contribution in [3.8, 4) is 17.2 Å². The van der Waals surface area contributed by atoms with Gasteiger partial charge in [0, 0.05) is 10.5 Å². The van der Waals surface area contributed by atoms with Crippen molar-refractivity contribution in [1.82, 2.24) is 16.2 Å². The number of carbonyl (C=O) groups excluding carboxylic acids is 2. The van der Waals surface area contributed by atoms with Gasteiger partial charge in [0.05, 0.1) is 18.7 Å². The lowest BCUT2D eigenvalue weighted by molar-refractivity contribution is -0.123. The van der Waals surface area contributed by atoms with Gasteiger partial charge in [-0.05, 0) is 70.1 Å². The SMILES string of the molecule is COc1ccc(C=CC(=O)NC(=S)NNC(=O)COc2ccc(Br)cc2Br)cc1OC. The first-order valence-corrected chi connectivity index (χ1v) is 10.7. The summed E-state index contributed by atoms with van der Waals surface area (Å²) in [6.45, 7) is -0.247. The Hall–Kier alpha value is -2.63. The molecule has 0 aliphatic rings. The zero-order valence-electron chi connectivity index (χ0n) is 16.5. The number of amides is 2. The quantitative estimate of drug-likeness (QED) is 0.266. The van der Waals surface area contributed by atoms with E-state index < -0.39 is 11.8 Å². The van der Waals surface area contributed by atoms with Crippen LogP contribution in [0.5, 0.6) is 17.2 Å². The summed E-state index contributed by atoms with van der Waals surface area (Å²) in [5, 5.41) is 2.35. The predicted molar refractivity (Wildman–Crippen MR) is 128 cm³/mol. The minimum Gasteiger partial charge on any atom is -0.493 e. The van der Waals surface area contributed by atoms with E-state index in [4.69, 9.17) is 26.4 Å². The van der Waals surface area contributed by atoms with Gasteiger partial charge in [0.2, 0.25) is 5.91 Å². The van der Waals surface area contributed by atoms with Crippen LogP contribution in [-0.4, -0.2) is 37.8 Å². The Morgan fingerprint density at radius 1 is 1.00 bits per heavy atom. The molecule has 0 atom stereocenters. The van der Waals surface area contributed by atoms with Crippen molar-refractivity contribution in [3.05, 3.63) is 57.0 Å². The van der Waals surface area contributed by atoms with Crippen molar-refractivity contribution in [2.45, 2.75) is 0 Å². The Morgan fingerprint density at radius 2 is 1.71 bits per heavy atom. The number of ether oxygens (including phenoxy) is 3. The summed E-state index contributed by atoms with van der Waals surface area (Å²) in [7, 11) is 3.07. The average Bonchev–Trinajstić information content (AvgIpc) is 2.75. The second-order valence-electron chi connectivity index (χ2n) is 5.80. The number of hydrogen-bond donors (Lipinski definition) is 3. The number of nitrogens with one attached hydrogen (secondary N) is 3. The Balaban J connectivity index is 1.76. The molecule has 2 aromatic rings. The largest absolute Gasteiger partial charge is 0.493 e. The van der Waals surface area contributed by atoms with Crippen LogP contribution in [0.3, 0.4) is 0 Å². The van der Waals surface area contributed by atoms with E-state index >= 15 is 0 Å². The topological polar surface area (TPSA) is 97.9 Å². The molecule has 8 nitrogen and oxygen atoms in total. The number of hydrazine groups is 1. The second-order valence-corrected chi connectivity index (χ2v) is 7.98. The smallest absolute Gasteiger partial charge is 0.276 e. The summed E-state index contributed by atoms with van der Waals surface area (Å²) >= 11 is 11.7. The van der Waals surface area contributed by atoms with Crippen LogP contribution >= 0.6 is 44.1 Å². The van der Waals surface area contributed by atoms with Gasteiger partial charge in [0.1, 0.15) is 5.75 Å². The van der Waals surface area contributed by atoms with E-state index in [1.165, 1.54) is 13.2 Å². The molecule has 0 aliphatic carbocycles. The highest BCUT2D eigenvalue weighted by Gasteiger charge is 2.08. The van der Waals surface area contributed by atoms with Gasteiger partial charge < -0.3 is 14.2 Å². The zero-order valence-corrected chi connectivity index (χ0v) is 20.5. The molecule has 0 aromatic heterocycles. The van der Waals surface area contributed by atoms with Gasteiger partial charge in [-0.2, -0.15) is 0 Å². The average molecular weight is 573 g/mol. The van der Waals surface area contributed by atoms with E-state index in [1.54, 1.807) is 49.6 Å². The van der Waals surface area contributed by atoms with Crippen molar-refractivity contribution < 1.29 is 23.8 Å². The summed E-state index contributed by atoms with van der Waals surface area (Å²) in [6, 6.07) is 10.5. The molecule has 2 amide bonds. The van der Waals surface area contributed by atoms with E-state index in [9.17, 15) is 9.59 Å². The summed E-state index contributed by atoms with van der Waals surface area (Å²) in [5.74, 6) is 0.683. The Kier molecular flexibility index (Phi) is 9.76. The Bertz CT molecular complexity index is 1000. The third kappa shape index (κ3) is 8.19. The van der Waals surface area contributed by atoms with Crippen LogP contribution < -0.4 is 30.4 Å². The van der Waals surface area contributed by atoms with Crippen LogP contribution in [0.4, 0.5) is 0 Å². The molecular weight excluding hydrogens is 554 g/mol. The Labute approximate surface area is 201 Å². The van der Waals surface area contributed by atoms with Gasteiger partial charge in [0.25, 0.3) is 5.91 Å². The van der Waals surface area contributed by atoms with Gasteiger partial charge >= 0.3 is 0 Å². The minimum absolute atomic E-state index is 0.0693. The molecular formula is C20H19Br2N3O5S. The first-order chi connectivity index (χ1) is 14.8. The number of rotatable bonds is 7. The molecule has 11 heteroatoms. The van der Waals surface area contributed by atoms with Crippen LogP contribution in [0.15, 0.2) is 51.4 Å². The molecule has 164 valence electrons. The van der Waals surface area contributed by atoms with Crippen molar-refractivity contribution in [2.75, 3.05) is 20.8 Å². The van der Waals surface area contributed by atoms with E-state index in [2.05, 4.69) is 48.0 Å². The summed E-state index contributed by atoms with van der Waals surface area (Å²) in [6.07, 6.45) is 2.88. The lowest BCUT2D eigenvalue weighted by Crippen LogP contribution is -2.49. The van der Waals surface area contributed by atoms with E-state index in [0.29, 0.717) is 21.7 Å². The lowest BCUT2D eigenvalue weighted by Gasteiger charge is -2.11. The maximum atomic E-state index is 12.0. The molecule has 2 aromatic carbocycles. The number of methoxy groups -OCH3 is 2. The van der Waals surface area contributed by atoms with Gasteiger partial charge in [0.15, 0.2) is 23.2 Å². The minimum atomic E-state index is -0.479. The molecule has 0 saturated carbocycles. The molecule has 3 N–H and O–H groups in total. The van der Waals surface area contributed by atoms with E-state index in [0.717, 1.165) is 10.0 Å². The van der Waals surface area contributed by atoms with Crippen molar-refractivity contribution >= 4 is 67.1 Å². The van der Waals surface area contributed by atoms with E-state index in [-0.39, 0.29) is 11.7 Å². The number of halogens is 2. The number of benzene rings is 2. The first kappa shape index (κ1) is 24.6. The van der Waals surface area contributed by atoms with Crippen LogP contribution in [0, 0.1) is 0 Å². The highest BCUT2D eigenvalue weighted by atomic mass is 79.9. The van der Waals surface area contributed by atoms with Crippen molar-refractivity contribution in [3.63, 3.8) is 0 Å². The Morgan fingerprint density at radius 3 is 2.39 bits per heavy atom. The summed E-state index contributed by atoms with van der Waals surface area (Å²) in [4.78, 5) is 23.9. The molecule has 0 saturated heterocycles. The molecule has 0 heterocycles. The lowest BCUT2D eigenvalue weighted by atomic mass is 10.2. The molecule has 0 radical (unpaired) electrons. The van der Waals surface area contributed by atoms with Crippen LogP contribution in [0.2, 0.25) is 0 Å². The van der Waals surface area contributed by atoms with Crippen LogP contribution in [0.25, 0.3) is 6.08 Å². The third-order valence-electron chi connectivity index (χ3n) is 3.64. The van der Waals surface area contributed by atoms with Crippen LogP contribution in [0.1, 0.15) is 5.56 Å². The predicted octanol–water partition coefficient (Wildman–Crippen LogP) is 3.34. The van der Waals surface area contributed by atoms with Gasteiger partial charge in [-0.25, -0.2) is 0 Å². The fourth-order valence-corrected chi connectivity index (χ4v) is 3.52. The monoisotopic (exact) mass is 571 g/mol. The van der Waals surface area contributed by atoms with E-state index in [1.807, 2.05) is 0 Å². The zero-order chi connectivity index (χ0) is 22.8. The molecule has 0 bridgehead atoms. The maximum absolute atomic E-state index is 12.0. The summed E-state index contributed by atoms with van der Waals surface area (Å²) < 4.78 is 17.4. The second kappa shape index (κ2) is 12.3. The first-order valence-electron chi connectivity index (χ1n) is 8.70. The summed E-state index contributed by atoms with van der Waals surface area (Å²) in [5.41, 5.74) is 5.51. The normalized spacial score (nSPS) is 10.3. The third-order valence-corrected chi connectivity index (χ3v) is 4.96. The molecule has 0 fully saturated rings. The highest BCUT2D eigenvalue weighted by molar-refractivity contribution is 9.11. The molecule has 31 heavy (non-hydrogen) atoms. The molecule has 2 rings (SSSR count). The van der Waals surface area contributed by atoms with Crippen LogP contribution in [-0.2, 0) is 9.59 Å². The number of carbonyl (C=O) groups is 2. The van der Waals surface area contributed by atoms with Crippen molar-refractivity contribution in [1.29, 1.82) is 0 Å². The van der Waals surface area contributed by atoms with Gasteiger partial charge in [-0.3, -0.25) is 25.8 Å². The molecule has 0 aliphatic heterocycles.